The summed E-state index contributed by atoms with van der Waals surface area (Å²) in [4.78, 5) is 0. The van der Waals surface area contributed by atoms with Crippen LogP contribution in [-0.4, -0.2) is 20.8 Å². The van der Waals surface area contributed by atoms with Crippen molar-refractivity contribution in [1.29, 1.82) is 0 Å². The van der Waals surface area contributed by atoms with Gasteiger partial charge in [-0.3, -0.25) is 0 Å². The van der Waals surface area contributed by atoms with E-state index in [2.05, 4.69) is 41.5 Å². The van der Waals surface area contributed by atoms with E-state index in [0.29, 0.717) is 5.88 Å². The van der Waals surface area contributed by atoms with Gasteiger partial charge < -0.3 is 4.43 Å². The number of alkyl halides is 1. The highest BCUT2D eigenvalue weighted by Gasteiger charge is 2.36. The highest BCUT2D eigenvalue weighted by atomic mass is 35.5. The van der Waals surface area contributed by atoms with E-state index in [9.17, 15) is 0 Å². The molecule has 0 aromatic rings. The summed E-state index contributed by atoms with van der Waals surface area (Å²) < 4.78 is 6.32. The highest BCUT2D eigenvalue weighted by Crippen LogP contribution is 2.33. The molecule has 0 fully saturated rings. The molecule has 0 rings (SSSR count). The Labute approximate surface area is 114 Å². The molecule has 0 aromatic heterocycles. The molecule has 0 heterocycles. The third-order valence-corrected chi connectivity index (χ3v) is 8.48. The first-order chi connectivity index (χ1) is 7.81. The lowest BCUT2D eigenvalue weighted by atomic mass is 10.2. The molecule has 0 aromatic carbocycles. The van der Waals surface area contributed by atoms with Crippen LogP contribution >= 0.6 is 11.6 Å². The Kier molecular flexibility index (Phi) is 8.78. The van der Waals surface area contributed by atoms with Crippen LogP contribution in [0.3, 0.4) is 0 Å². The second-order valence-corrected chi connectivity index (χ2v) is 10.8. The fourth-order valence-corrected chi connectivity index (χ4v) is 8.97. The van der Waals surface area contributed by atoms with E-state index >= 15 is 0 Å². The van der Waals surface area contributed by atoms with Crippen molar-refractivity contribution < 1.29 is 4.43 Å². The molecule has 0 saturated heterocycles. The first-order valence-corrected chi connectivity index (χ1v) is 10.1. The van der Waals surface area contributed by atoms with Gasteiger partial charge in [-0.1, -0.05) is 41.5 Å². The van der Waals surface area contributed by atoms with Gasteiger partial charge in [-0.25, -0.2) is 0 Å². The van der Waals surface area contributed by atoms with E-state index in [1.807, 2.05) is 0 Å². The molecule has 17 heavy (non-hydrogen) atoms. The molecule has 0 spiro atoms. The van der Waals surface area contributed by atoms with Crippen LogP contribution in [0.4, 0.5) is 0 Å². The lowest BCUT2D eigenvalue weighted by Gasteiger charge is -2.35. The quantitative estimate of drug-likeness (QED) is 0.418. The van der Waals surface area contributed by atoms with Crippen molar-refractivity contribution in [1.82, 2.24) is 0 Å². The summed E-state index contributed by atoms with van der Waals surface area (Å²) in [6.45, 7) is 14.6. The van der Waals surface area contributed by atoms with Crippen LogP contribution in [-0.2, 0) is 4.43 Å². The Morgan fingerprint density at radius 1 is 0.824 bits per heavy atom. The van der Waals surface area contributed by atoms with E-state index < -0.39 is 8.32 Å². The van der Waals surface area contributed by atoms with Gasteiger partial charge in [-0.05, 0) is 35.9 Å². The molecule has 0 aliphatic carbocycles. The maximum absolute atomic E-state index is 6.32. The Bertz CT molecular complexity index is 166. The summed E-state index contributed by atoms with van der Waals surface area (Å²) in [6.07, 6.45) is 0. The zero-order chi connectivity index (χ0) is 13.5. The third-order valence-electron chi connectivity index (χ3n) is 2.83. The van der Waals surface area contributed by atoms with Crippen LogP contribution in [0.1, 0.15) is 41.5 Å². The van der Waals surface area contributed by atoms with E-state index in [-0.39, 0.29) is 0 Å². The van der Waals surface area contributed by atoms with Gasteiger partial charge in [0.05, 0.1) is 0 Å². The molecule has 0 saturated carbocycles. The van der Waals surface area contributed by atoms with Crippen LogP contribution in [0.5, 0.6) is 0 Å². The smallest absolute Gasteiger partial charge is 0.193 e. The molecule has 0 bridgehead atoms. The largest absolute Gasteiger partial charge is 0.416 e. The molecule has 1 nitrogen and oxygen atoms in total. The van der Waals surface area contributed by atoms with Crippen molar-refractivity contribution >= 4 is 19.9 Å². The van der Waals surface area contributed by atoms with Gasteiger partial charge in [-0.2, -0.15) is 0 Å². The normalized spacial score (nSPS) is 13.1. The van der Waals surface area contributed by atoms with Crippen molar-refractivity contribution in [2.45, 2.75) is 59.7 Å². The molecule has 0 aliphatic heterocycles. The first kappa shape index (κ1) is 17.5. The Morgan fingerprint density at radius 2 is 1.18 bits per heavy atom. The van der Waals surface area contributed by atoms with Crippen LogP contribution in [0.2, 0.25) is 18.1 Å². The van der Waals surface area contributed by atoms with E-state index in [0.717, 1.165) is 24.4 Å². The fraction of sp³-hybridized carbons (Fsp3) is 1.00. The summed E-state index contributed by atoms with van der Waals surface area (Å²) in [5.41, 5.74) is 0. The zero-order valence-electron chi connectivity index (χ0n) is 12.6. The molecule has 0 atom stereocenters. The number of hydrogen-bond acceptors (Lipinski definition) is 1. The summed E-state index contributed by atoms with van der Waals surface area (Å²) in [5, 5.41) is 0. The van der Waals surface area contributed by atoms with Gasteiger partial charge in [0.1, 0.15) is 0 Å². The minimum Gasteiger partial charge on any atom is -0.416 e. The Balaban J connectivity index is 4.76. The van der Waals surface area contributed by atoms with Gasteiger partial charge in [0.2, 0.25) is 0 Å². The minimum atomic E-state index is -1.59. The van der Waals surface area contributed by atoms with E-state index in [1.165, 1.54) is 18.1 Å². The van der Waals surface area contributed by atoms with Crippen LogP contribution in [0.25, 0.3) is 0 Å². The van der Waals surface area contributed by atoms with Gasteiger partial charge in [-0.15, -0.1) is 11.6 Å². The lowest BCUT2D eigenvalue weighted by Crippen LogP contribution is -2.42. The zero-order valence-corrected chi connectivity index (χ0v) is 14.3. The summed E-state index contributed by atoms with van der Waals surface area (Å²) in [5.74, 6) is 2.82. The number of rotatable bonds is 9. The minimum absolute atomic E-state index is 0.628. The third kappa shape index (κ3) is 8.23. The molecular weight excluding hydrogens is 248 g/mol. The fourth-order valence-electron chi connectivity index (χ4n) is 2.91. The summed E-state index contributed by atoms with van der Waals surface area (Å²) >= 11 is 5.81. The standard InChI is InChI=1S/C14H31ClOSi/c1-12(2)9-17(10-13(3)4,11-14(5)6)16-8-7-15/h12-14H,7-11H2,1-6H3. The summed E-state index contributed by atoms with van der Waals surface area (Å²) in [6, 6.07) is 3.83. The van der Waals surface area contributed by atoms with Crippen molar-refractivity contribution in [2.24, 2.45) is 17.8 Å². The Hall–Kier alpha value is 0.467. The maximum Gasteiger partial charge on any atom is 0.193 e. The van der Waals surface area contributed by atoms with Crippen molar-refractivity contribution in [2.75, 3.05) is 12.5 Å². The van der Waals surface area contributed by atoms with Gasteiger partial charge >= 0.3 is 0 Å². The second kappa shape index (κ2) is 8.55. The predicted molar refractivity (Wildman–Crippen MR) is 81.4 cm³/mol. The second-order valence-electron chi connectivity index (χ2n) is 6.51. The van der Waals surface area contributed by atoms with Crippen molar-refractivity contribution in [3.63, 3.8) is 0 Å². The molecule has 0 aliphatic rings. The maximum atomic E-state index is 6.32. The number of hydrogen-bond donors (Lipinski definition) is 0. The Morgan fingerprint density at radius 3 is 1.41 bits per heavy atom. The molecule has 0 amide bonds. The molecule has 104 valence electrons. The topological polar surface area (TPSA) is 9.23 Å². The van der Waals surface area contributed by atoms with Gasteiger partial charge in [0.15, 0.2) is 8.32 Å². The molecular formula is C14H31ClOSi. The van der Waals surface area contributed by atoms with Crippen molar-refractivity contribution in [3.8, 4) is 0 Å². The predicted octanol–water partition coefficient (Wildman–Crippen LogP) is 5.16. The van der Waals surface area contributed by atoms with E-state index in [1.54, 1.807) is 0 Å². The lowest BCUT2D eigenvalue weighted by molar-refractivity contribution is 0.305. The summed E-state index contributed by atoms with van der Waals surface area (Å²) in [7, 11) is -1.59. The van der Waals surface area contributed by atoms with Gasteiger partial charge in [0, 0.05) is 12.5 Å². The molecule has 0 N–H and O–H groups in total. The molecule has 0 radical (unpaired) electrons. The highest BCUT2D eigenvalue weighted by molar-refractivity contribution is 6.74. The molecule has 3 heteroatoms. The number of halogens is 1. The van der Waals surface area contributed by atoms with Crippen LogP contribution in [0.15, 0.2) is 0 Å². The van der Waals surface area contributed by atoms with Gasteiger partial charge in [0.25, 0.3) is 0 Å². The van der Waals surface area contributed by atoms with Crippen LogP contribution in [0, 0.1) is 17.8 Å². The van der Waals surface area contributed by atoms with Crippen LogP contribution < -0.4 is 0 Å². The van der Waals surface area contributed by atoms with Crippen molar-refractivity contribution in [3.05, 3.63) is 0 Å². The SMILES string of the molecule is CC(C)C[Si](CC(C)C)(CC(C)C)OCCCl. The molecule has 0 unspecified atom stereocenters. The van der Waals surface area contributed by atoms with E-state index in [4.69, 9.17) is 16.0 Å². The first-order valence-electron chi connectivity index (χ1n) is 7.01. The average molecular weight is 279 g/mol. The monoisotopic (exact) mass is 278 g/mol. The average Bonchev–Trinajstić information content (AvgIpc) is 2.11.